The molecule has 0 unspecified atom stereocenters. The minimum Gasteiger partial charge on any atom is -0.357 e. The van der Waals surface area contributed by atoms with E-state index in [9.17, 15) is 0 Å². The van der Waals surface area contributed by atoms with Crippen molar-refractivity contribution in [3.8, 4) is 0 Å². The topological polar surface area (TPSA) is 28.2 Å². The molecule has 1 aliphatic carbocycles. The van der Waals surface area contributed by atoms with E-state index >= 15 is 0 Å². The second kappa shape index (κ2) is 7.24. The standard InChI is InChI=1S/C20H27N3S/c1-2-10-23-11-6-9-16-12-17-19(13-18(16)23)24-20(22-17)21-14-15-7-4-3-5-8-15/h3-5,7-8,16,18H,2,6,9-14H2,1H3,(H,21,22)/t16-,18-/m1/s1. The summed E-state index contributed by atoms with van der Waals surface area (Å²) in [5, 5.41) is 4.63. The second-order valence-corrected chi connectivity index (χ2v) is 8.23. The molecule has 0 saturated carbocycles. The number of nitrogens with zero attached hydrogens (tertiary/aromatic N) is 2. The summed E-state index contributed by atoms with van der Waals surface area (Å²) in [5.41, 5.74) is 2.68. The third kappa shape index (κ3) is 3.35. The van der Waals surface area contributed by atoms with Gasteiger partial charge < -0.3 is 5.32 Å². The molecule has 1 N–H and O–H groups in total. The molecule has 4 rings (SSSR count). The van der Waals surface area contributed by atoms with Crippen molar-refractivity contribution in [2.45, 2.75) is 51.6 Å². The van der Waals surface area contributed by atoms with Gasteiger partial charge >= 0.3 is 0 Å². The third-order valence-electron chi connectivity index (χ3n) is 5.46. The van der Waals surface area contributed by atoms with Crippen LogP contribution in [0.3, 0.4) is 0 Å². The Bertz CT molecular complexity index is 665. The Hall–Kier alpha value is -1.39. The van der Waals surface area contributed by atoms with Crippen molar-refractivity contribution in [1.82, 2.24) is 9.88 Å². The number of thiazole rings is 1. The van der Waals surface area contributed by atoms with Crippen molar-refractivity contribution in [1.29, 1.82) is 0 Å². The zero-order valence-electron chi connectivity index (χ0n) is 14.5. The van der Waals surface area contributed by atoms with Crippen LogP contribution >= 0.6 is 11.3 Å². The smallest absolute Gasteiger partial charge is 0.183 e. The number of fused-ring (bicyclic) bond motifs is 2. The average molecular weight is 342 g/mol. The number of aromatic nitrogens is 1. The van der Waals surface area contributed by atoms with Crippen molar-refractivity contribution >= 4 is 16.5 Å². The lowest BCUT2D eigenvalue weighted by atomic mass is 9.79. The van der Waals surface area contributed by atoms with E-state index in [1.54, 1.807) is 0 Å². The Balaban J connectivity index is 1.45. The highest BCUT2D eigenvalue weighted by atomic mass is 32.1. The highest BCUT2D eigenvalue weighted by Gasteiger charge is 2.36. The quantitative estimate of drug-likeness (QED) is 0.876. The summed E-state index contributed by atoms with van der Waals surface area (Å²) < 4.78 is 0. The summed E-state index contributed by atoms with van der Waals surface area (Å²) in [6.45, 7) is 5.72. The predicted octanol–water partition coefficient (Wildman–Crippen LogP) is 4.34. The number of benzene rings is 1. The first kappa shape index (κ1) is 16.1. The van der Waals surface area contributed by atoms with Crippen LogP contribution in [0.2, 0.25) is 0 Å². The molecule has 0 bridgehead atoms. The Morgan fingerprint density at radius 3 is 2.96 bits per heavy atom. The molecule has 0 amide bonds. The van der Waals surface area contributed by atoms with Gasteiger partial charge in [0.05, 0.1) is 5.69 Å². The average Bonchev–Trinajstić information content (AvgIpc) is 3.01. The molecule has 2 aromatic rings. The maximum absolute atomic E-state index is 4.92. The highest BCUT2D eigenvalue weighted by molar-refractivity contribution is 7.15. The molecule has 128 valence electrons. The lowest BCUT2D eigenvalue weighted by molar-refractivity contribution is 0.0857. The van der Waals surface area contributed by atoms with Gasteiger partial charge in [0.25, 0.3) is 0 Å². The Morgan fingerprint density at radius 1 is 1.25 bits per heavy atom. The molecule has 1 aromatic carbocycles. The van der Waals surface area contributed by atoms with Crippen molar-refractivity contribution in [3.63, 3.8) is 0 Å². The van der Waals surface area contributed by atoms with E-state index in [-0.39, 0.29) is 0 Å². The van der Waals surface area contributed by atoms with Gasteiger partial charge in [-0.25, -0.2) is 4.98 Å². The first-order valence-electron chi connectivity index (χ1n) is 9.34. The SMILES string of the molecule is CCCN1CCC[C@@H]2Cc3nc(NCc4ccccc4)sc3C[C@H]21. The van der Waals surface area contributed by atoms with Gasteiger partial charge in [-0.15, -0.1) is 11.3 Å². The van der Waals surface area contributed by atoms with E-state index in [2.05, 4.69) is 47.5 Å². The number of nitrogens with one attached hydrogen (secondary N) is 1. The zero-order chi connectivity index (χ0) is 16.4. The lowest BCUT2D eigenvalue weighted by Crippen LogP contribution is -2.49. The molecule has 1 aliphatic heterocycles. The molecular formula is C20H27N3S. The molecule has 0 spiro atoms. The summed E-state index contributed by atoms with van der Waals surface area (Å²) >= 11 is 1.88. The maximum Gasteiger partial charge on any atom is 0.183 e. The Labute approximate surface area is 149 Å². The van der Waals surface area contributed by atoms with Gasteiger partial charge in [-0.05, 0) is 56.7 Å². The minimum atomic E-state index is 0.758. The van der Waals surface area contributed by atoms with Crippen LogP contribution in [0.25, 0.3) is 0 Å². The molecular weight excluding hydrogens is 314 g/mol. The van der Waals surface area contributed by atoms with Crippen LogP contribution < -0.4 is 5.32 Å². The van der Waals surface area contributed by atoms with Crippen LogP contribution in [-0.4, -0.2) is 29.0 Å². The number of anilines is 1. The fourth-order valence-electron chi connectivity index (χ4n) is 4.30. The summed E-state index contributed by atoms with van der Waals surface area (Å²) in [4.78, 5) is 9.18. The van der Waals surface area contributed by atoms with E-state index in [4.69, 9.17) is 4.98 Å². The van der Waals surface area contributed by atoms with Crippen LogP contribution in [0.5, 0.6) is 0 Å². The molecule has 2 aliphatic rings. The van der Waals surface area contributed by atoms with Crippen molar-refractivity contribution in [3.05, 3.63) is 46.5 Å². The molecule has 1 aromatic heterocycles. The van der Waals surface area contributed by atoms with Crippen molar-refractivity contribution < 1.29 is 0 Å². The summed E-state index contributed by atoms with van der Waals surface area (Å²) in [6, 6.07) is 11.3. The number of rotatable bonds is 5. The van der Waals surface area contributed by atoms with Crippen LogP contribution in [0.4, 0.5) is 5.13 Å². The molecule has 2 atom stereocenters. The molecule has 24 heavy (non-hydrogen) atoms. The van der Waals surface area contributed by atoms with Crippen LogP contribution in [0.1, 0.15) is 42.3 Å². The van der Waals surface area contributed by atoms with Crippen LogP contribution in [0, 0.1) is 5.92 Å². The van der Waals surface area contributed by atoms with Gasteiger partial charge in [-0.2, -0.15) is 0 Å². The Kier molecular flexibility index (Phi) is 4.86. The van der Waals surface area contributed by atoms with Crippen molar-refractivity contribution in [2.24, 2.45) is 5.92 Å². The van der Waals surface area contributed by atoms with Crippen LogP contribution in [-0.2, 0) is 19.4 Å². The zero-order valence-corrected chi connectivity index (χ0v) is 15.3. The molecule has 0 radical (unpaired) electrons. The molecule has 3 nitrogen and oxygen atoms in total. The number of hydrogen-bond donors (Lipinski definition) is 1. The van der Waals surface area contributed by atoms with Gasteiger partial charge in [0, 0.05) is 17.5 Å². The van der Waals surface area contributed by atoms with E-state index in [1.807, 2.05) is 11.3 Å². The van der Waals surface area contributed by atoms with Crippen molar-refractivity contribution in [2.75, 3.05) is 18.4 Å². The molecule has 1 fully saturated rings. The maximum atomic E-state index is 4.92. The van der Waals surface area contributed by atoms with Gasteiger partial charge in [-0.3, -0.25) is 4.90 Å². The fourth-order valence-corrected chi connectivity index (χ4v) is 5.34. The highest BCUT2D eigenvalue weighted by Crippen LogP contribution is 2.38. The summed E-state index contributed by atoms with van der Waals surface area (Å²) in [7, 11) is 0. The minimum absolute atomic E-state index is 0.758. The van der Waals surface area contributed by atoms with E-state index in [1.165, 1.54) is 61.3 Å². The van der Waals surface area contributed by atoms with E-state index < -0.39 is 0 Å². The monoisotopic (exact) mass is 341 g/mol. The Morgan fingerprint density at radius 2 is 2.12 bits per heavy atom. The molecule has 1 saturated heterocycles. The second-order valence-electron chi connectivity index (χ2n) is 7.14. The van der Waals surface area contributed by atoms with Gasteiger partial charge in [-0.1, -0.05) is 37.3 Å². The molecule has 2 heterocycles. The van der Waals surface area contributed by atoms with E-state index in [0.29, 0.717) is 0 Å². The van der Waals surface area contributed by atoms with Gasteiger partial charge in [0.2, 0.25) is 0 Å². The van der Waals surface area contributed by atoms with Gasteiger partial charge in [0.15, 0.2) is 5.13 Å². The largest absolute Gasteiger partial charge is 0.357 e. The first-order valence-corrected chi connectivity index (χ1v) is 10.2. The molecule has 4 heteroatoms. The summed E-state index contributed by atoms with van der Waals surface area (Å²) in [6.07, 6.45) is 6.41. The predicted molar refractivity (Wildman–Crippen MR) is 102 cm³/mol. The number of hydrogen-bond acceptors (Lipinski definition) is 4. The number of piperidine rings is 1. The third-order valence-corrected chi connectivity index (χ3v) is 6.54. The normalized spacial score (nSPS) is 23.5. The first-order chi connectivity index (χ1) is 11.8. The summed E-state index contributed by atoms with van der Waals surface area (Å²) in [5.74, 6) is 0.821. The van der Waals surface area contributed by atoms with E-state index in [0.717, 1.165) is 23.6 Å². The number of likely N-dealkylation sites (tertiary alicyclic amines) is 1. The van der Waals surface area contributed by atoms with Crippen LogP contribution in [0.15, 0.2) is 30.3 Å². The lowest BCUT2D eigenvalue weighted by Gasteiger charge is -2.43. The fraction of sp³-hybridized carbons (Fsp3) is 0.550. The van der Waals surface area contributed by atoms with Gasteiger partial charge in [0.1, 0.15) is 0 Å².